The molecule has 0 saturated carbocycles. The first kappa shape index (κ1) is 17.0. The Labute approximate surface area is 137 Å². The van der Waals surface area contributed by atoms with Crippen molar-refractivity contribution >= 4 is 28.2 Å². The van der Waals surface area contributed by atoms with Crippen molar-refractivity contribution in [2.75, 3.05) is 25.0 Å². The van der Waals surface area contributed by atoms with Crippen LogP contribution in [-0.4, -0.2) is 40.8 Å². The van der Waals surface area contributed by atoms with Crippen LogP contribution in [0.1, 0.15) is 33.6 Å². The minimum absolute atomic E-state index is 0.367. The highest BCUT2D eigenvalue weighted by molar-refractivity contribution is 6.31. The fourth-order valence-corrected chi connectivity index (χ4v) is 2.81. The molecule has 1 aromatic heterocycles. The lowest BCUT2D eigenvalue weighted by Gasteiger charge is -2.20. The van der Waals surface area contributed by atoms with Gasteiger partial charge in [-0.05, 0) is 57.6 Å². The molecule has 0 aliphatic rings. The minimum Gasteiger partial charge on any atom is -0.366 e. The van der Waals surface area contributed by atoms with Crippen LogP contribution in [0.5, 0.6) is 0 Å². The Hall–Kier alpha value is -1.39. The van der Waals surface area contributed by atoms with E-state index in [9.17, 15) is 0 Å². The van der Waals surface area contributed by atoms with Crippen molar-refractivity contribution in [3.63, 3.8) is 0 Å². The Balaban J connectivity index is 1.95. The van der Waals surface area contributed by atoms with Gasteiger partial charge < -0.3 is 10.2 Å². The van der Waals surface area contributed by atoms with Crippen LogP contribution in [0.2, 0.25) is 5.02 Å². The van der Waals surface area contributed by atoms with Crippen molar-refractivity contribution < 1.29 is 0 Å². The van der Waals surface area contributed by atoms with Crippen LogP contribution < -0.4 is 5.32 Å². The molecule has 0 bridgehead atoms. The van der Waals surface area contributed by atoms with E-state index < -0.39 is 0 Å². The van der Waals surface area contributed by atoms with Crippen molar-refractivity contribution in [3.8, 4) is 0 Å². The van der Waals surface area contributed by atoms with Gasteiger partial charge in [0.1, 0.15) is 0 Å². The molecule has 0 fully saturated rings. The fourth-order valence-electron chi connectivity index (χ4n) is 2.63. The van der Waals surface area contributed by atoms with Crippen molar-refractivity contribution in [2.24, 2.45) is 0 Å². The van der Waals surface area contributed by atoms with Gasteiger partial charge in [-0.25, -0.2) is 0 Å². The Morgan fingerprint density at radius 3 is 2.77 bits per heavy atom. The number of benzene rings is 1. The average molecular weight is 321 g/mol. The summed E-state index contributed by atoms with van der Waals surface area (Å²) in [7, 11) is 0. The first-order valence-electron chi connectivity index (χ1n) is 8.03. The molecule has 1 heterocycles. The number of hydrogen-bond acceptors (Lipinski definition) is 4. The molecule has 4 nitrogen and oxygen atoms in total. The summed E-state index contributed by atoms with van der Waals surface area (Å²) < 4.78 is 0. The second kappa shape index (κ2) is 8.30. The summed E-state index contributed by atoms with van der Waals surface area (Å²) in [5.41, 5.74) is 0. The number of anilines is 1. The lowest BCUT2D eigenvalue weighted by molar-refractivity contribution is 0.295. The molecule has 0 saturated heterocycles. The largest absolute Gasteiger partial charge is 0.366 e. The number of nitrogens with one attached hydrogen (secondary N) is 1. The summed E-state index contributed by atoms with van der Waals surface area (Å²) in [6.07, 6.45) is 4.04. The Morgan fingerprint density at radius 2 is 2.05 bits per heavy atom. The SMILES string of the molecule is CCN(CC)CCC[C@@H](C)Nc1nncc2cc(Cl)ccc12. The molecule has 0 aliphatic heterocycles. The fraction of sp³-hybridized carbons (Fsp3) is 0.529. The highest BCUT2D eigenvalue weighted by atomic mass is 35.5. The van der Waals surface area contributed by atoms with E-state index in [4.69, 9.17) is 11.6 Å². The van der Waals surface area contributed by atoms with Gasteiger partial charge in [0.2, 0.25) is 0 Å². The first-order chi connectivity index (χ1) is 10.6. The summed E-state index contributed by atoms with van der Waals surface area (Å²) in [5.74, 6) is 0.838. The van der Waals surface area contributed by atoms with Crippen LogP contribution in [-0.2, 0) is 0 Å². The van der Waals surface area contributed by atoms with Crippen LogP contribution >= 0.6 is 11.6 Å². The van der Waals surface area contributed by atoms with Gasteiger partial charge in [-0.15, -0.1) is 5.10 Å². The molecule has 5 heteroatoms. The van der Waals surface area contributed by atoms with E-state index in [0.717, 1.165) is 47.7 Å². The zero-order valence-electron chi connectivity index (χ0n) is 13.6. The third-order valence-corrected chi connectivity index (χ3v) is 4.25. The Bertz CT molecular complexity index is 598. The Morgan fingerprint density at radius 1 is 1.27 bits per heavy atom. The summed E-state index contributed by atoms with van der Waals surface area (Å²) >= 11 is 6.03. The van der Waals surface area contributed by atoms with Crippen LogP contribution in [0.15, 0.2) is 24.4 Å². The summed E-state index contributed by atoms with van der Waals surface area (Å²) in [6.45, 7) is 10.0. The second-order valence-electron chi connectivity index (χ2n) is 5.64. The number of hydrogen-bond donors (Lipinski definition) is 1. The maximum atomic E-state index is 6.03. The van der Waals surface area contributed by atoms with E-state index in [-0.39, 0.29) is 0 Å². The number of rotatable bonds is 8. The van der Waals surface area contributed by atoms with Gasteiger partial charge in [-0.2, -0.15) is 5.10 Å². The van der Waals surface area contributed by atoms with Crippen LogP contribution in [0.3, 0.4) is 0 Å². The van der Waals surface area contributed by atoms with E-state index in [1.165, 1.54) is 6.42 Å². The molecule has 0 amide bonds. The number of halogens is 1. The van der Waals surface area contributed by atoms with Gasteiger partial charge in [0.25, 0.3) is 0 Å². The predicted octanol–water partition coefficient (Wildman–Crippen LogP) is 4.21. The summed E-state index contributed by atoms with van der Waals surface area (Å²) in [4.78, 5) is 2.45. The quantitative estimate of drug-likeness (QED) is 0.791. The highest BCUT2D eigenvalue weighted by Gasteiger charge is 2.08. The topological polar surface area (TPSA) is 41.0 Å². The van der Waals surface area contributed by atoms with E-state index >= 15 is 0 Å². The molecule has 120 valence electrons. The molecular weight excluding hydrogens is 296 g/mol. The van der Waals surface area contributed by atoms with Crippen molar-refractivity contribution in [2.45, 2.75) is 39.7 Å². The number of nitrogens with zero attached hydrogens (tertiary/aromatic N) is 3. The molecule has 0 unspecified atom stereocenters. The van der Waals surface area contributed by atoms with Crippen molar-refractivity contribution in [1.29, 1.82) is 0 Å². The molecule has 0 spiro atoms. The van der Waals surface area contributed by atoms with Crippen LogP contribution in [0.25, 0.3) is 10.8 Å². The monoisotopic (exact) mass is 320 g/mol. The van der Waals surface area contributed by atoms with E-state index in [0.29, 0.717) is 6.04 Å². The maximum absolute atomic E-state index is 6.03. The van der Waals surface area contributed by atoms with Crippen molar-refractivity contribution in [3.05, 3.63) is 29.4 Å². The highest BCUT2D eigenvalue weighted by Crippen LogP contribution is 2.24. The maximum Gasteiger partial charge on any atom is 0.156 e. The molecule has 0 radical (unpaired) electrons. The minimum atomic E-state index is 0.367. The normalized spacial score (nSPS) is 12.8. The average Bonchev–Trinajstić information content (AvgIpc) is 2.51. The van der Waals surface area contributed by atoms with Gasteiger partial charge in [0.15, 0.2) is 5.82 Å². The van der Waals surface area contributed by atoms with Gasteiger partial charge in [-0.3, -0.25) is 0 Å². The molecule has 1 atom stereocenters. The van der Waals surface area contributed by atoms with Gasteiger partial charge in [0, 0.05) is 21.8 Å². The van der Waals surface area contributed by atoms with Gasteiger partial charge in [-0.1, -0.05) is 25.4 Å². The standard InChI is InChI=1S/C17H25ClN4/c1-4-22(5-2)10-6-7-13(3)20-17-16-9-8-15(18)11-14(16)12-19-21-17/h8-9,11-13H,4-7,10H2,1-3H3,(H,20,21)/t13-/m1/s1. The lowest BCUT2D eigenvalue weighted by Crippen LogP contribution is -2.25. The molecule has 2 rings (SSSR count). The smallest absolute Gasteiger partial charge is 0.156 e. The van der Waals surface area contributed by atoms with Crippen molar-refractivity contribution in [1.82, 2.24) is 15.1 Å². The molecular formula is C17H25ClN4. The van der Waals surface area contributed by atoms with Crippen LogP contribution in [0.4, 0.5) is 5.82 Å². The van der Waals surface area contributed by atoms with Crippen LogP contribution in [0, 0.1) is 0 Å². The number of fused-ring (bicyclic) bond motifs is 1. The van der Waals surface area contributed by atoms with Gasteiger partial charge >= 0.3 is 0 Å². The summed E-state index contributed by atoms with van der Waals surface area (Å²) in [6, 6.07) is 6.17. The van der Waals surface area contributed by atoms with E-state index in [1.54, 1.807) is 6.20 Å². The van der Waals surface area contributed by atoms with E-state index in [2.05, 4.69) is 41.2 Å². The molecule has 1 N–H and O–H groups in total. The first-order valence-corrected chi connectivity index (χ1v) is 8.41. The molecule has 1 aromatic carbocycles. The summed E-state index contributed by atoms with van der Waals surface area (Å²) in [5, 5.41) is 14.6. The lowest BCUT2D eigenvalue weighted by atomic mass is 10.1. The van der Waals surface area contributed by atoms with Gasteiger partial charge in [0.05, 0.1) is 6.20 Å². The second-order valence-corrected chi connectivity index (χ2v) is 6.08. The zero-order chi connectivity index (χ0) is 15.9. The third-order valence-electron chi connectivity index (χ3n) is 4.01. The third kappa shape index (κ3) is 4.55. The molecule has 0 aliphatic carbocycles. The predicted molar refractivity (Wildman–Crippen MR) is 94.7 cm³/mol. The molecule has 22 heavy (non-hydrogen) atoms. The zero-order valence-corrected chi connectivity index (χ0v) is 14.4. The van der Waals surface area contributed by atoms with E-state index in [1.807, 2.05) is 18.2 Å². The number of aromatic nitrogens is 2. The Kier molecular flexibility index (Phi) is 6.40. The molecule has 2 aromatic rings.